The Kier molecular flexibility index (Phi) is 4.92. The van der Waals surface area contributed by atoms with Gasteiger partial charge in [0.05, 0.1) is 4.90 Å². The standard InChI is InChI=1S/C19H19N3O3S/c1-13(23)22-18-10-4-8-16-15(18)7-5-11-19(16)26(24,25)21-12-14-6-2-3-9-17(14)20/h2-11,21H,12,20H2,1H3,(H,22,23). The molecule has 3 aromatic rings. The number of hydrogen-bond donors (Lipinski definition) is 3. The van der Waals surface area contributed by atoms with Gasteiger partial charge in [-0.2, -0.15) is 0 Å². The number of nitrogens with one attached hydrogen (secondary N) is 2. The van der Waals surface area contributed by atoms with Crippen molar-refractivity contribution in [3.05, 3.63) is 66.2 Å². The Bertz CT molecular complexity index is 1080. The molecule has 134 valence electrons. The van der Waals surface area contributed by atoms with Crippen LogP contribution in [-0.4, -0.2) is 14.3 Å². The lowest BCUT2D eigenvalue weighted by molar-refractivity contribution is -0.114. The number of hydrogen-bond acceptors (Lipinski definition) is 4. The van der Waals surface area contributed by atoms with Crippen LogP contribution in [0.5, 0.6) is 0 Å². The van der Waals surface area contributed by atoms with Gasteiger partial charge in [0.2, 0.25) is 15.9 Å². The second-order valence-corrected chi connectivity index (χ2v) is 7.60. The van der Waals surface area contributed by atoms with Crippen molar-refractivity contribution in [1.82, 2.24) is 4.72 Å². The molecule has 0 radical (unpaired) electrons. The van der Waals surface area contributed by atoms with Crippen LogP contribution in [0.25, 0.3) is 10.8 Å². The zero-order valence-electron chi connectivity index (χ0n) is 14.2. The third-order valence-electron chi connectivity index (χ3n) is 3.99. The first kappa shape index (κ1) is 17.9. The zero-order valence-corrected chi connectivity index (χ0v) is 15.0. The maximum absolute atomic E-state index is 12.8. The molecule has 0 fully saturated rings. The normalized spacial score (nSPS) is 11.4. The number of fused-ring (bicyclic) bond motifs is 1. The molecule has 3 rings (SSSR count). The fourth-order valence-electron chi connectivity index (χ4n) is 2.76. The van der Waals surface area contributed by atoms with Crippen LogP contribution in [0.4, 0.5) is 11.4 Å². The number of benzene rings is 3. The number of amides is 1. The van der Waals surface area contributed by atoms with E-state index in [1.165, 1.54) is 13.0 Å². The average molecular weight is 369 g/mol. The summed E-state index contributed by atoms with van der Waals surface area (Å²) in [6.07, 6.45) is 0. The van der Waals surface area contributed by atoms with Crippen LogP contribution in [0.15, 0.2) is 65.6 Å². The van der Waals surface area contributed by atoms with E-state index in [9.17, 15) is 13.2 Å². The van der Waals surface area contributed by atoms with E-state index in [4.69, 9.17) is 5.73 Å². The van der Waals surface area contributed by atoms with Crippen molar-refractivity contribution in [2.75, 3.05) is 11.1 Å². The lowest BCUT2D eigenvalue weighted by Crippen LogP contribution is -2.24. The van der Waals surface area contributed by atoms with Crippen molar-refractivity contribution in [3.8, 4) is 0 Å². The first-order chi connectivity index (χ1) is 12.4. The number of carbonyl (C=O) groups is 1. The maximum atomic E-state index is 12.8. The lowest BCUT2D eigenvalue weighted by Gasteiger charge is -2.13. The molecule has 0 saturated carbocycles. The summed E-state index contributed by atoms with van der Waals surface area (Å²) in [5.41, 5.74) is 7.67. The van der Waals surface area contributed by atoms with Gasteiger partial charge in [-0.25, -0.2) is 13.1 Å². The summed E-state index contributed by atoms with van der Waals surface area (Å²) in [6, 6.07) is 17.2. The Morgan fingerprint density at radius 2 is 1.65 bits per heavy atom. The van der Waals surface area contributed by atoms with Gasteiger partial charge in [0.15, 0.2) is 0 Å². The molecule has 6 nitrogen and oxygen atoms in total. The zero-order chi connectivity index (χ0) is 18.7. The van der Waals surface area contributed by atoms with Crippen LogP contribution >= 0.6 is 0 Å². The monoisotopic (exact) mass is 369 g/mol. The van der Waals surface area contributed by atoms with E-state index in [1.54, 1.807) is 54.6 Å². The van der Waals surface area contributed by atoms with Crippen molar-refractivity contribution >= 4 is 38.1 Å². The Labute approximate surface area is 152 Å². The third kappa shape index (κ3) is 3.68. The summed E-state index contributed by atoms with van der Waals surface area (Å²) < 4.78 is 28.2. The largest absolute Gasteiger partial charge is 0.398 e. The van der Waals surface area contributed by atoms with Crippen LogP contribution in [0, 0.1) is 0 Å². The van der Waals surface area contributed by atoms with E-state index >= 15 is 0 Å². The number of sulfonamides is 1. The topological polar surface area (TPSA) is 101 Å². The van der Waals surface area contributed by atoms with Gasteiger partial charge in [-0.1, -0.05) is 42.5 Å². The first-order valence-electron chi connectivity index (χ1n) is 8.01. The van der Waals surface area contributed by atoms with Gasteiger partial charge >= 0.3 is 0 Å². The maximum Gasteiger partial charge on any atom is 0.241 e. The molecule has 0 aliphatic carbocycles. The van der Waals surface area contributed by atoms with Gasteiger partial charge in [0.25, 0.3) is 0 Å². The molecule has 0 saturated heterocycles. The minimum Gasteiger partial charge on any atom is -0.398 e. The van der Waals surface area contributed by atoms with Gasteiger partial charge in [-0.05, 0) is 23.8 Å². The lowest BCUT2D eigenvalue weighted by atomic mass is 10.1. The predicted octanol–water partition coefficient (Wildman–Crippen LogP) is 2.86. The summed E-state index contributed by atoms with van der Waals surface area (Å²) in [5.74, 6) is -0.219. The highest BCUT2D eigenvalue weighted by molar-refractivity contribution is 7.89. The summed E-state index contributed by atoms with van der Waals surface area (Å²) in [6.45, 7) is 1.50. The van der Waals surface area contributed by atoms with E-state index in [-0.39, 0.29) is 17.3 Å². The molecule has 1 amide bonds. The molecule has 0 aliphatic heterocycles. The van der Waals surface area contributed by atoms with E-state index in [2.05, 4.69) is 10.0 Å². The average Bonchev–Trinajstić information content (AvgIpc) is 2.60. The Hall–Kier alpha value is -2.90. The third-order valence-corrected chi connectivity index (χ3v) is 5.45. The highest BCUT2D eigenvalue weighted by Gasteiger charge is 2.18. The molecular weight excluding hydrogens is 350 g/mol. The summed E-state index contributed by atoms with van der Waals surface area (Å²) in [7, 11) is -3.77. The Balaban J connectivity index is 1.98. The molecular formula is C19H19N3O3S. The summed E-state index contributed by atoms with van der Waals surface area (Å²) in [4.78, 5) is 11.5. The van der Waals surface area contributed by atoms with Crippen molar-refractivity contribution in [3.63, 3.8) is 0 Å². The quantitative estimate of drug-likeness (QED) is 0.602. The van der Waals surface area contributed by atoms with Gasteiger partial charge in [0.1, 0.15) is 0 Å². The van der Waals surface area contributed by atoms with Crippen molar-refractivity contribution < 1.29 is 13.2 Å². The van der Waals surface area contributed by atoms with Gasteiger partial charge < -0.3 is 11.1 Å². The highest BCUT2D eigenvalue weighted by atomic mass is 32.2. The molecule has 0 atom stereocenters. The van der Waals surface area contributed by atoms with Crippen molar-refractivity contribution in [1.29, 1.82) is 0 Å². The van der Waals surface area contributed by atoms with Crippen LogP contribution in [0.1, 0.15) is 12.5 Å². The number of nitrogens with two attached hydrogens (primary N) is 1. The van der Waals surface area contributed by atoms with Gasteiger partial charge in [-0.15, -0.1) is 0 Å². The highest BCUT2D eigenvalue weighted by Crippen LogP contribution is 2.29. The van der Waals surface area contributed by atoms with Crippen LogP contribution < -0.4 is 15.8 Å². The molecule has 0 heterocycles. The number of rotatable bonds is 5. The number of anilines is 2. The van der Waals surface area contributed by atoms with Crippen molar-refractivity contribution in [2.24, 2.45) is 0 Å². The van der Waals surface area contributed by atoms with Gasteiger partial charge in [0, 0.05) is 35.6 Å². The predicted molar refractivity (Wildman–Crippen MR) is 103 cm³/mol. The molecule has 26 heavy (non-hydrogen) atoms. The fourth-order valence-corrected chi connectivity index (χ4v) is 3.99. The smallest absolute Gasteiger partial charge is 0.241 e. The van der Waals surface area contributed by atoms with E-state index < -0.39 is 10.0 Å². The second-order valence-electron chi connectivity index (χ2n) is 5.86. The molecule has 7 heteroatoms. The molecule has 3 aromatic carbocycles. The Morgan fingerprint density at radius 3 is 2.38 bits per heavy atom. The van der Waals surface area contributed by atoms with Crippen LogP contribution in [0.2, 0.25) is 0 Å². The van der Waals surface area contributed by atoms with E-state index in [0.717, 1.165) is 0 Å². The van der Waals surface area contributed by atoms with Gasteiger partial charge in [-0.3, -0.25) is 4.79 Å². The fraction of sp³-hybridized carbons (Fsp3) is 0.105. The van der Waals surface area contributed by atoms with E-state index in [1.807, 2.05) is 0 Å². The first-order valence-corrected chi connectivity index (χ1v) is 9.49. The van der Waals surface area contributed by atoms with Crippen molar-refractivity contribution in [2.45, 2.75) is 18.4 Å². The SMILES string of the molecule is CC(=O)Nc1cccc2c(S(=O)(=O)NCc3ccccc3N)cccc12. The summed E-state index contributed by atoms with van der Waals surface area (Å²) >= 11 is 0. The minimum atomic E-state index is -3.77. The molecule has 0 aliphatic rings. The van der Waals surface area contributed by atoms with E-state index in [0.29, 0.717) is 27.7 Å². The second kappa shape index (κ2) is 7.15. The number of nitrogen functional groups attached to an aromatic ring is 1. The molecule has 4 N–H and O–H groups in total. The molecule has 0 bridgehead atoms. The van der Waals surface area contributed by atoms with Crippen LogP contribution in [-0.2, 0) is 21.4 Å². The molecule has 0 aromatic heterocycles. The Morgan fingerprint density at radius 1 is 0.962 bits per heavy atom. The molecule has 0 spiro atoms. The number of carbonyl (C=O) groups excluding carboxylic acids is 1. The summed E-state index contributed by atoms with van der Waals surface area (Å²) in [5, 5.41) is 3.91. The van der Waals surface area contributed by atoms with Crippen LogP contribution in [0.3, 0.4) is 0 Å². The minimum absolute atomic E-state index is 0.0940. The number of para-hydroxylation sites is 1. The molecule has 0 unspecified atom stereocenters.